The van der Waals surface area contributed by atoms with E-state index >= 15 is 0 Å². The van der Waals surface area contributed by atoms with Crippen LogP contribution in [-0.4, -0.2) is 24.2 Å². The van der Waals surface area contributed by atoms with Crippen molar-refractivity contribution >= 4 is 18.0 Å². The van der Waals surface area contributed by atoms with E-state index in [1.807, 2.05) is 13.0 Å². The van der Waals surface area contributed by atoms with Crippen molar-refractivity contribution in [3.63, 3.8) is 0 Å². The van der Waals surface area contributed by atoms with Gasteiger partial charge in [0.25, 0.3) is 0 Å². The van der Waals surface area contributed by atoms with Crippen LogP contribution in [0.2, 0.25) is 0 Å². The lowest BCUT2D eigenvalue weighted by molar-refractivity contribution is 0.0599. The van der Waals surface area contributed by atoms with Gasteiger partial charge in [-0.15, -0.1) is 0 Å². The average Bonchev–Trinajstić information content (AvgIpc) is 2.38. The first kappa shape index (κ1) is 12.3. The number of carbonyl (C=O) groups is 1. The van der Waals surface area contributed by atoms with Crippen molar-refractivity contribution < 1.29 is 18.8 Å². The Morgan fingerprint density at radius 3 is 3.00 bits per heavy atom. The van der Waals surface area contributed by atoms with Gasteiger partial charge in [0.1, 0.15) is 5.75 Å². The minimum Gasteiger partial charge on any atom is -0.493 e. The summed E-state index contributed by atoms with van der Waals surface area (Å²) in [5, 5.41) is 0.0177. The molecule has 0 saturated carbocycles. The number of ether oxygens (including phenoxy) is 2. The van der Waals surface area contributed by atoms with Crippen LogP contribution in [0.25, 0.3) is 0 Å². The van der Waals surface area contributed by atoms with Gasteiger partial charge in [0.05, 0.1) is 24.5 Å². The maximum Gasteiger partial charge on any atom is 0.338 e. The van der Waals surface area contributed by atoms with Crippen LogP contribution < -0.4 is 4.74 Å². The maximum atomic E-state index is 11.5. The van der Waals surface area contributed by atoms with Crippen molar-refractivity contribution in [1.29, 1.82) is 0 Å². The molecular formula is C12H14O4S. The summed E-state index contributed by atoms with van der Waals surface area (Å²) in [5.74, 6) is 0.332. The molecule has 1 aromatic carbocycles. The number of methoxy groups -OCH3 is 1. The van der Waals surface area contributed by atoms with Gasteiger partial charge in [-0.2, -0.15) is 0 Å². The standard InChI is InChI=1S/C12H14O4S/c1-7-8(12(13)15-2)3-4-9-10(17-14)5-6-16-11(7)9/h3-4,10,14H,5-6H2,1-2H3. The van der Waals surface area contributed by atoms with Gasteiger partial charge in [0.2, 0.25) is 0 Å². The first-order valence-corrected chi connectivity index (χ1v) is 6.17. The van der Waals surface area contributed by atoms with Gasteiger partial charge in [-0.05, 0) is 31.5 Å². The van der Waals surface area contributed by atoms with Crippen LogP contribution in [0.15, 0.2) is 12.1 Å². The zero-order valence-corrected chi connectivity index (χ0v) is 10.5. The van der Waals surface area contributed by atoms with E-state index in [0.717, 1.165) is 29.6 Å². The molecule has 0 radical (unpaired) electrons. The van der Waals surface area contributed by atoms with Gasteiger partial charge in [-0.25, -0.2) is 4.79 Å². The third-order valence-electron chi connectivity index (χ3n) is 2.94. The Morgan fingerprint density at radius 2 is 2.35 bits per heavy atom. The fraction of sp³-hybridized carbons (Fsp3) is 0.417. The van der Waals surface area contributed by atoms with E-state index in [9.17, 15) is 9.35 Å². The molecule has 1 aromatic rings. The summed E-state index contributed by atoms with van der Waals surface area (Å²) < 4.78 is 19.5. The van der Waals surface area contributed by atoms with Crippen LogP contribution in [-0.2, 0) is 4.74 Å². The molecule has 0 saturated heterocycles. The van der Waals surface area contributed by atoms with Crippen molar-refractivity contribution in [2.24, 2.45) is 0 Å². The highest BCUT2D eigenvalue weighted by molar-refractivity contribution is 7.94. The number of fused-ring (bicyclic) bond motifs is 1. The molecule has 1 heterocycles. The SMILES string of the molecule is COC(=O)c1ccc2c(c1C)OCCC2SO. The molecule has 1 aliphatic heterocycles. The van der Waals surface area contributed by atoms with Crippen molar-refractivity contribution in [3.05, 3.63) is 28.8 Å². The Hall–Kier alpha value is -1.20. The predicted molar refractivity (Wildman–Crippen MR) is 65.6 cm³/mol. The number of hydrogen-bond donors (Lipinski definition) is 1. The Labute approximate surface area is 104 Å². The topological polar surface area (TPSA) is 55.8 Å². The fourth-order valence-electron chi connectivity index (χ4n) is 2.02. The number of hydrogen-bond acceptors (Lipinski definition) is 5. The third kappa shape index (κ3) is 2.12. The lowest BCUT2D eigenvalue weighted by Gasteiger charge is -2.25. The van der Waals surface area contributed by atoms with Gasteiger partial charge in [0.15, 0.2) is 0 Å². The Bertz CT molecular complexity index is 444. The molecule has 0 aliphatic carbocycles. The van der Waals surface area contributed by atoms with Gasteiger partial charge in [-0.3, -0.25) is 0 Å². The molecule has 0 amide bonds. The molecule has 17 heavy (non-hydrogen) atoms. The normalized spacial score (nSPS) is 18.2. The first-order valence-electron chi connectivity index (χ1n) is 5.34. The summed E-state index contributed by atoms with van der Waals surface area (Å²) in [6.07, 6.45) is 0.769. The molecule has 2 rings (SSSR count). The third-order valence-corrected chi connectivity index (χ3v) is 3.69. The Kier molecular flexibility index (Phi) is 3.59. The minimum atomic E-state index is -0.368. The van der Waals surface area contributed by atoms with E-state index < -0.39 is 0 Å². The second kappa shape index (κ2) is 4.98. The van der Waals surface area contributed by atoms with E-state index in [2.05, 4.69) is 0 Å². The average molecular weight is 254 g/mol. The predicted octanol–water partition coefficient (Wildman–Crippen LogP) is 2.81. The molecular weight excluding hydrogens is 240 g/mol. The first-order chi connectivity index (χ1) is 8.19. The van der Waals surface area contributed by atoms with E-state index in [1.54, 1.807) is 6.07 Å². The highest BCUT2D eigenvalue weighted by atomic mass is 32.2. The van der Waals surface area contributed by atoms with Gasteiger partial charge < -0.3 is 14.0 Å². The summed E-state index contributed by atoms with van der Waals surface area (Å²) in [4.78, 5) is 11.5. The molecule has 1 unspecified atom stereocenters. The lowest BCUT2D eigenvalue weighted by atomic mass is 9.98. The second-order valence-electron chi connectivity index (χ2n) is 3.88. The molecule has 92 valence electrons. The van der Waals surface area contributed by atoms with Crippen molar-refractivity contribution in [3.8, 4) is 5.75 Å². The van der Waals surface area contributed by atoms with Crippen LogP contribution in [0, 0.1) is 6.92 Å². The maximum absolute atomic E-state index is 11.5. The smallest absolute Gasteiger partial charge is 0.338 e. The quantitative estimate of drug-likeness (QED) is 0.649. The summed E-state index contributed by atoms with van der Waals surface area (Å²) in [6.45, 7) is 2.38. The van der Waals surface area contributed by atoms with Crippen LogP contribution in [0.1, 0.15) is 33.2 Å². The molecule has 0 spiro atoms. The largest absolute Gasteiger partial charge is 0.493 e. The minimum absolute atomic E-state index is 0.0177. The highest BCUT2D eigenvalue weighted by Gasteiger charge is 2.25. The number of esters is 1. The number of rotatable bonds is 2. The van der Waals surface area contributed by atoms with Gasteiger partial charge >= 0.3 is 5.97 Å². The van der Waals surface area contributed by atoms with Crippen molar-refractivity contribution in [2.75, 3.05) is 13.7 Å². The fourth-order valence-corrected chi connectivity index (χ4v) is 2.52. The summed E-state index contributed by atoms with van der Waals surface area (Å²) >= 11 is 0.821. The van der Waals surface area contributed by atoms with Crippen LogP contribution in [0.4, 0.5) is 0 Å². The Balaban J connectivity index is 2.48. The zero-order valence-electron chi connectivity index (χ0n) is 9.73. The summed E-state index contributed by atoms with van der Waals surface area (Å²) in [7, 11) is 1.36. The molecule has 1 N–H and O–H groups in total. The molecule has 1 atom stereocenters. The summed E-state index contributed by atoms with van der Waals surface area (Å²) in [5.41, 5.74) is 2.22. The molecule has 5 heteroatoms. The monoisotopic (exact) mass is 254 g/mol. The van der Waals surface area contributed by atoms with E-state index in [4.69, 9.17) is 9.47 Å². The second-order valence-corrected chi connectivity index (χ2v) is 4.66. The zero-order chi connectivity index (χ0) is 12.4. The van der Waals surface area contributed by atoms with E-state index in [1.165, 1.54) is 7.11 Å². The molecule has 0 fully saturated rings. The van der Waals surface area contributed by atoms with Crippen LogP contribution in [0.3, 0.4) is 0 Å². The van der Waals surface area contributed by atoms with E-state index in [0.29, 0.717) is 17.9 Å². The summed E-state index contributed by atoms with van der Waals surface area (Å²) in [6, 6.07) is 3.54. The van der Waals surface area contributed by atoms with Crippen molar-refractivity contribution in [1.82, 2.24) is 0 Å². The van der Waals surface area contributed by atoms with Crippen LogP contribution >= 0.6 is 12.0 Å². The van der Waals surface area contributed by atoms with Gasteiger partial charge in [-0.1, -0.05) is 6.07 Å². The van der Waals surface area contributed by atoms with Gasteiger partial charge in [0, 0.05) is 11.1 Å². The van der Waals surface area contributed by atoms with Crippen molar-refractivity contribution in [2.45, 2.75) is 18.6 Å². The number of benzene rings is 1. The highest BCUT2D eigenvalue weighted by Crippen LogP contribution is 2.42. The van der Waals surface area contributed by atoms with Crippen LogP contribution in [0.5, 0.6) is 5.75 Å². The lowest BCUT2D eigenvalue weighted by Crippen LogP contribution is -2.15. The molecule has 1 aliphatic rings. The number of carbonyl (C=O) groups excluding carboxylic acids is 1. The molecule has 4 nitrogen and oxygen atoms in total. The Morgan fingerprint density at radius 1 is 1.59 bits per heavy atom. The van der Waals surface area contributed by atoms with E-state index in [-0.39, 0.29) is 11.2 Å². The molecule has 0 aromatic heterocycles. The molecule has 0 bridgehead atoms.